The van der Waals surface area contributed by atoms with Gasteiger partial charge < -0.3 is 9.15 Å². The maximum atomic E-state index is 14.5. The molecule has 144 valence electrons. The van der Waals surface area contributed by atoms with Crippen LogP contribution >= 0.6 is 0 Å². The molecule has 0 saturated heterocycles. The summed E-state index contributed by atoms with van der Waals surface area (Å²) in [7, 11) is -2.35. The Hall–Kier alpha value is -2.11. The Labute approximate surface area is 148 Å². The van der Waals surface area contributed by atoms with E-state index in [1.165, 1.54) is 7.11 Å². The first-order valence-electron chi connectivity index (χ1n) is 7.68. The Bertz CT molecular complexity index is 926. The molecule has 1 aromatic heterocycles. The van der Waals surface area contributed by atoms with Crippen molar-refractivity contribution in [2.24, 2.45) is 0 Å². The minimum absolute atomic E-state index is 0.122. The topological polar surface area (TPSA) is 106 Å². The predicted octanol–water partition coefficient (Wildman–Crippen LogP) is 1.55. The van der Waals surface area contributed by atoms with Gasteiger partial charge in [0.05, 0.1) is 6.26 Å². The molecule has 0 aliphatic heterocycles. The fraction of sp³-hybridized carbons (Fsp3) is 0.467. The number of benzene rings is 1. The molecule has 2 rings (SSSR count). The largest absolute Gasteiger partial charge is 0.434 e. The number of sulfonamides is 1. The predicted molar refractivity (Wildman–Crippen MR) is 87.9 cm³/mol. The summed E-state index contributed by atoms with van der Waals surface area (Å²) in [5.74, 6) is -2.77. The van der Waals surface area contributed by atoms with Crippen molar-refractivity contribution >= 4 is 10.0 Å². The summed E-state index contributed by atoms with van der Waals surface area (Å²) in [6.07, 6.45) is 0.296. The van der Waals surface area contributed by atoms with Crippen molar-refractivity contribution in [3.8, 4) is 0 Å². The van der Waals surface area contributed by atoms with E-state index in [0.717, 1.165) is 22.7 Å². The standard InChI is InChI=1S/C15H19F2N3O5S/c1-4-5-20(26(3,22)23)8-9-6-12(17)10(7-11(9)16)13(24-2)14-18-19-15(21)25-14/h6-7,13H,4-5,8H2,1-3H3,(H,19,21)/t13-/m1/s1. The van der Waals surface area contributed by atoms with E-state index >= 15 is 0 Å². The van der Waals surface area contributed by atoms with Crippen molar-refractivity contribution in [3.63, 3.8) is 0 Å². The van der Waals surface area contributed by atoms with Crippen LogP contribution in [0.25, 0.3) is 0 Å². The number of ether oxygens (including phenoxy) is 1. The summed E-state index contributed by atoms with van der Waals surface area (Å²) in [5.41, 5.74) is -0.353. The Kier molecular flexibility index (Phi) is 6.26. The number of methoxy groups -OCH3 is 1. The number of hydrogen-bond acceptors (Lipinski definition) is 6. The summed E-state index contributed by atoms with van der Waals surface area (Å²) < 4.78 is 63.4. The van der Waals surface area contributed by atoms with E-state index in [4.69, 9.17) is 9.15 Å². The van der Waals surface area contributed by atoms with Crippen LogP contribution in [-0.4, -0.2) is 42.8 Å². The van der Waals surface area contributed by atoms with Crippen molar-refractivity contribution in [1.29, 1.82) is 0 Å². The fourth-order valence-electron chi connectivity index (χ4n) is 2.44. The lowest BCUT2D eigenvalue weighted by Gasteiger charge is -2.20. The van der Waals surface area contributed by atoms with Gasteiger partial charge >= 0.3 is 5.76 Å². The van der Waals surface area contributed by atoms with Crippen LogP contribution in [0.1, 0.15) is 36.5 Å². The molecular weight excluding hydrogens is 372 g/mol. The van der Waals surface area contributed by atoms with Crippen LogP contribution < -0.4 is 5.76 Å². The lowest BCUT2D eigenvalue weighted by atomic mass is 10.0. The highest BCUT2D eigenvalue weighted by molar-refractivity contribution is 7.88. The SMILES string of the molecule is CCCN(Cc1cc(F)c([C@@H](OC)c2n[nH]c(=O)o2)cc1F)S(C)(=O)=O. The summed E-state index contributed by atoms with van der Waals surface area (Å²) in [6.45, 7) is 1.66. The van der Waals surface area contributed by atoms with Gasteiger partial charge in [-0.3, -0.25) is 0 Å². The lowest BCUT2D eigenvalue weighted by Crippen LogP contribution is -2.30. The fourth-order valence-corrected chi connectivity index (χ4v) is 3.33. The summed E-state index contributed by atoms with van der Waals surface area (Å²) in [4.78, 5) is 11.1. The van der Waals surface area contributed by atoms with E-state index in [2.05, 4.69) is 5.10 Å². The van der Waals surface area contributed by atoms with Crippen LogP contribution in [0.3, 0.4) is 0 Å². The number of aromatic nitrogens is 2. The maximum absolute atomic E-state index is 14.5. The van der Waals surface area contributed by atoms with Crippen molar-refractivity contribution < 1.29 is 26.4 Å². The highest BCUT2D eigenvalue weighted by Gasteiger charge is 2.26. The first-order chi connectivity index (χ1) is 12.2. The second kappa shape index (κ2) is 8.06. The second-order valence-electron chi connectivity index (χ2n) is 5.63. The first kappa shape index (κ1) is 20.2. The third kappa shape index (κ3) is 4.54. The smallest absolute Gasteiger partial charge is 0.389 e. The zero-order valence-electron chi connectivity index (χ0n) is 14.5. The number of nitrogens with one attached hydrogen (secondary N) is 1. The van der Waals surface area contributed by atoms with Gasteiger partial charge in [0.15, 0.2) is 6.10 Å². The van der Waals surface area contributed by atoms with Crippen LogP contribution in [0, 0.1) is 11.6 Å². The van der Waals surface area contributed by atoms with Crippen LogP contribution in [0.4, 0.5) is 8.78 Å². The monoisotopic (exact) mass is 391 g/mol. The third-order valence-electron chi connectivity index (χ3n) is 3.65. The van der Waals surface area contributed by atoms with Crippen LogP contribution in [0.2, 0.25) is 0 Å². The highest BCUT2D eigenvalue weighted by Crippen LogP contribution is 2.28. The highest BCUT2D eigenvalue weighted by atomic mass is 32.2. The van der Waals surface area contributed by atoms with E-state index in [-0.39, 0.29) is 30.1 Å². The molecule has 0 unspecified atom stereocenters. The number of hydrogen-bond donors (Lipinski definition) is 1. The summed E-state index contributed by atoms with van der Waals surface area (Å²) in [5, 5.41) is 5.57. The van der Waals surface area contributed by atoms with Crippen molar-refractivity contribution in [1.82, 2.24) is 14.5 Å². The molecule has 0 amide bonds. The molecule has 1 N–H and O–H groups in total. The van der Waals surface area contributed by atoms with Gasteiger partial charge in [-0.05, 0) is 18.6 Å². The van der Waals surface area contributed by atoms with Gasteiger partial charge in [0.1, 0.15) is 11.6 Å². The van der Waals surface area contributed by atoms with Gasteiger partial charge in [0.25, 0.3) is 5.89 Å². The van der Waals surface area contributed by atoms with E-state index < -0.39 is 33.5 Å². The van der Waals surface area contributed by atoms with Gasteiger partial charge in [0, 0.05) is 31.3 Å². The Morgan fingerprint density at radius 2 is 2.04 bits per heavy atom. The molecule has 1 heterocycles. The molecule has 0 spiro atoms. The molecule has 1 aromatic carbocycles. The van der Waals surface area contributed by atoms with Crippen molar-refractivity contribution in [2.45, 2.75) is 26.0 Å². The average Bonchev–Trinajstić information content (AvgIpc) is 2.97. The normalized spacial score (nSPS) is 13.3. The van der Waals surface area contributed by atoms with Gasteiger partial charge in [-0.2, -0.15) is 4.31 Å². The number of halogens is 2. The molecule has 0 aliphatic rings. The Morgan fingerprint density at radius 1 is 1.35 bits per heavy atom. The van der Waals surface area contributed by atoms with Crippen molar-refractivity contribution in [3.05, 3.63) is 51.3 Å². The Balaban J connectivity index is 2.39. The zero-order chi connectivity index (χ0) is 19.5. The summed E-state index contributed by atoms with van der Waals surface area (Å²) in [6, 6.07) is 1.77. The van der Waals surface area contributed by atoms with Crippen molar-refractivity contribution in [2.75, 3.05) is 19.9 Å². The average molecular weight is 391 g/mol. The number of nitrogens with zero attached hydrogens (tertiary/aromatic N) is 2. The van der Waals surface area contributed by atoms with Gasteiger partial charge in [-0.15, -0.1) is 5.10 Å². The second-order valence-corrected chi connectivity index (χ2v) is 7.61. The van der Waals surface area contributed by atoms with E-state index in [1.54, 1.807) is 6.92 Å². The maximum Gasteiger partial charge on any atom is 0.434 e. The number of aromatic amines is 1. The molecular formula is C15H19F2N3O5S. The van der Waals surface area contributed by atoms with Gasteiger partial charge in [-0.1, -0.05) is 6.92 Å². The Morgan fingerprint density at radius 3 is 2.54 bits per heavy atom. The molecule has 0 saturated carbocycles. The molecule has 1 atom stereocenters. The molecule has 0 fully saturated rings. The van der Waals surface area contributed by atoms with E-state index in [1.807, 2.05) is 5.10 Å². The lowest BCUT2D eigenvalue weighted by molar-refractivity contribution is 0.107. The first-order valence-corrected chi connectivity index (χ1v) is 9.53. The molecule has 0 aliphatic carbocycles. The quantitative estimate of drug-likeness (QED) is 0.732. The van der Waals surface area contributed by atoms with Crippen LogP contribution in [0.5, 0.6) is 0 Å². The minimum Gasteiger partial charge on any atom is -0.389 e. The van der Waals surface area contributed by atoms with E-state index in [0.29, 0.717) is 6.42 Å². The number of rotatable bonds is 8. The third-order valence-corrected chi connectivity index (χ3v) is 4.90. The molecule has 8 nitrogen and oxygen atoms in total. The minimum atomic E-state index is -3.57. The van der Waals surface area contributed by atoms with Crippen LogP contribution in [0.15, 0.2) is 21.3 Å². The molecule has 2 aromatic rings. The van der Waals surface area contributed by atoms with Crippen LogP contribution in [-0.2, 0) is 21.3 Å². The van der Waals surface area contributed by atoms with Gasteiger partial charge in [0.2, 0.25) is 10.0 Å². The molecule has 0 radical (unpaired) electrons. The summed E-state index contributed by atoms with van der Waals surface area (Å²) >= 11 is 0. The molecule has 11 heteroatoms. The van der Waals surface area contributed by atoms with Gasteiger partial charge in [-0.25, -0.2) is 27.1 Å². The van der Waals surface area contributed by atoms with E-state index in [9.17, 15) is 22.0 Å². The molecule has 26 heavy (non-hydrogen) atoms. The number of H-pyrrole nitrogens is 1. The zero-order valence-corrected chi connectivity index (χ0v) is 15.3. The molecule has 0 bridgehead atoms.